The van der Waals surface area contributed by atoms with E-state index in [2.05, 4.69) is 27.2 Å². The minimum absolute atomic E-state index is 0.237. The Morgan fingerprint density at radius 2 is 1.90 bits per heavy atom. The van der Waals surface area contributed by atoms with Gasteiger partial charge in [0.1, 0.15) is 0 Å². The molecule has 2 aromatic rings. The average Bonchev–Trinajstić information content (AvgIpc) is 2.97. The summed E-state index contributed by atoms with van der Waals surface area (Å²) >= 11 is 0. The van der Waals surface area contributed by atoms with Gasteiger partial charge in [-0.25, -0.2) is 0 Å². The van der Waals surface area contributed by atoms with Crippen molar-refractivity contribution in [1.82, 2.24) is 10.2 Å². The smallest absolute Gasteiger partial charge is 0.414 e. The lowest BCUT2D eigenvalue weighted by Gasteiger charge is -2.32. The second-order valence-electron chi connectivity index (χ2n) is 4.96. The van der Waals surface area contributed by atoms with Crippen molar-refractivity contribution in [3.8, 4) is 6.08 Å². The van der Waals surface area contributed by atoms with Crippen molar-refractivity contribution < 1.29 is 9.15 Å². The molecular weight excluding hydrogens is 256 g/mol. The summed E-state index contributed by atoms with van der Waals surface area (Å²) < 4.78 is 10.4. The monoisotopic (exact) mass is 274 g/mol. The predicted octanol–water partition coefficient (Wildman–Crippen LogP) is 2.04. The van der Waals surface area contributed by atoms with Crippen molar-refractivity contribution in [2.24, 2.45) is 0 Å². The first-order valence-corrected chi connectivity index (χ1v) is 6.74. The molecule has 0 unspecified atom stereocenters. The summed E-state index contributed by atoms with van der Waals surface area (Å²) in [7, 11) is 1.53. The number of aromatic nitrogens is 2. The molecule has 106 valence electrons. The SMILES string of the molecule is COc1nnc(C2CCN(c3ccc(N)cc3)CC2)o1. The molecule has 0 atom stereocenters. The van der Waals surface area contributed by atoms with Crippen LogP contribution in [0.25, 0.3) is 0 Å². The van der Waals surface area contributed by atoms with Gasteiger partial charge in [0.25, 0.3) is 0 Å². The van der Waals surface area contributed by atoms with E-state index in [1.165, 1.54) is 12.8 Å². The Hall–Kier alpha value is -2.24. The molecule has 1 aliphatic rings. The number of hydrogen-bond donors (Lipinski definition) is 1. The summed E-state index contributed by atoms with van der Waals surface area (Å²) in [5, 5.41) is 7.87. The molecule has 0 saturated carbocycles. The molecule has 1 aromatic heterocycles. The van der Waals surface area contributed by atoms with Gasteiger partial charge in [-0.05, 0) is 37.1 Å². The van der Waals surface area contributed by atoms with E-state index in [0.717, 1.165) is 31.6 Å². The van der Waals surface area contributed by atoms with Crippen LogP contribution in [0.4, 0.5) is 11.4 Å². The summed E-state index contributed by atoms with van der Waals surface area (Å²) in [4.78, 5) is 2.35. The molecule has 3 rings (SSSR count). The van der Waals surface area contributed by atoms with Crippen LogP contribution in [0.15, 0.2) is 28.7 Å². The highest BCUT2D eigenvalue weighted by molar-refractivity contribution is 5.53. The number of anilines is 2. The van der Waals surface area contributed by atoms with Gasteiger partial charge in [-0.3, -0.25) is 0 Å². The van der Waals surface area contributed by atoms with E-state index in [1.54, 1.807) is 0 Å². The molecule has 1 fully saturated rings. The first kappa shape index (κ1) is 12.8. The quantitative estimate of drug-likeness (QED) is 0.863. The van der Waals surface area contributed by atoms with Gasteiger partial charge in [0.15, 0.2) is 0 Å². The van der Waals surface area contributed by atoms with Gasteiger partial charge in [-0.2, -0.15) is 0 Å². The molecule has 1 saturated heterocycles. The highest BCUT2D eigenvalue weighted by Gasteiger charge is 2.25. The van der Waals surface area contributed by atoms with Gasteiger partial charge >= 0.3 is 6.08 Å². The van der Waals surface area contributed by atoms with E-state index >= 15 is 0 Å². The summed E-state index contributed by atoms with van der Waals surface area (Å²) in [5.74, 6) is 0.996. The summed E-state index contributed by atoms with van der Waals surface area (Å²) in [6.45, 7) is 1.94. The van der Waals surface area contributed by atoms with Crippen LogP contribution in [0.2, 0.25) is 0 Å². The van der Waals surface area contributed by atoms with E-state index in [-0.39, 0.29) is 6.08 Å². The van der Waals surface area contributed by atoms with Gasteiger partial charge < -0.3 is 19.8 Å². The zero-order valence-electron chi connectivity index (χ0n) is 11.5. The third-order valence-electron chi connectivity index (χ3n) is 3.70. The van der Waals surface area contributed by atoms with Crippen LogP contribution in [0.5, 0.6) is 6.08 Å². The van der Waals surface area contributed by atoms with Gasteiger partial charge in [-0.1, -0.05) is 5.10 Å². The largest absolute Gasteiger partial charge is 0.452 e. The third-order valence-corrected chi connectivity index (χ3v) is 3.70. The molecule has 6 heteroatoms. The van der Waals surface area contributed by atoms with Crippen molar-refractivity contribution in [2.75, 3.05) is 30.8 Å². The van der Waals surface area contributed by atoms with E-state index in [1.807, 2.05) is 12.1 Å². The number of nitrogens with two attached hydrogens (primary N) is 1. The van der Waals surface area contributed by atoms with Crippen LogP contribution in [0.1, 0.15) is 24.7 Å². The molecule has 2 N–H and O–H groups in total. The number of rotatable bonds is 3. The fourth-order valence-electron chi connectivity index (χ4n) is 2.54. The Morgan fingerprint density at radius 3 is 2.50 bits per heavy atom. The van der Waals surface area contributed by atoms with Crippen LogP contribution in [0.3, 0.4) is 0 Å². The van der Waals surface area contributed by atoms with E-state index < -0.39 is 0 Å². The number of methoxy groups -OCH3 is 1. The summed E-state index contributed by atoms with van der Waals surface area (Å²) in [5.41, 5.74) is 7.71. The number of nitrogen functional groups attached to an aromatic ring is 1. The standard InChI is InChI=1S/C14H18N4O2/c1-19-14-17-16-13(20-14)10-6-8-18(9-7-10)12-4-2-11(15)3-5-12/h2-5,10H,6-9,15H2,1H3. The topological polar surface area (TPSA) is 77.4 Å². The van der Waals surface area contributed by atoms with Crippen molar-refractivity contribution in [3.05, 3.63) is 30.2 Å². The Balaban J connectivity index is 1.63. The van der Waals surface area contributed by atoms with Gasteiger partial charge in [0.05, 0.1) is 7.11 Å². The van der Waals surface area contributed by atoms with Crippen LogP contribution >= 0.6 is 0 Å². The van der Waals surface area contributed by atoms with Crippen LogP contribution in [-0.2, 0) is 0 Å². The molecule has 1 aromatic carbocycles. The van der Waals surface area contributed by atoms with Gasteiger partial charge in [-0.15, -0.1) is 5.10 Å². The fraction of sp³-hybridized carbons (Fsp3) is 0.429. The maximum atomic E-state index is 5.71. The molecule has 2 heterocycles. The zero-order chi connectivity index (χ0) is 13.9. The molecule has 1 aliphatic heterocycles. The summed E-state index contributed by atoms with van der Waals surface area (Å²) in [6, 6.07) is 7.99. The minimum Gasteiger partial charge on any atom is -0.452 e. The predicted molar refractivity (Wildman–Crippen MR) is 75.9 cm³/mol. The summed E-state index contributed by atoms with van der Waals surface area (Å²) in [6.07, 6.45) is 2.23. The Morgan fingerprint density at radius 1 is 1.20 bits per heavy atom. The molecule has 0 amide bonds. The molecule has 0 aliphatic carbocycles. The maximum absolute atomic E-state index is 5.71. The fourth-order valence-corrected chi connectivity index (χ4v) is 2.54. The number of ether oxygens (including phenoxy) is 1. The Labute approximate surface area is 117 Å². The molecule has 20 heavy (non-hydrogen) atoms. The third kappa shape index (κ3) is 2.54. The average molecular weight is 274 g/mol. The number of piperidine rings is 1. The number of benzene rings is 1. The zero-order valence-corrected chi connectivity index (χ0v) is 11.5. The Bertz CT molecular complexity index is 559. The Kier molecular flexibility index (Phi) is 3.45. The van der Waals surface area contributed by atoms with E-state index in [0.29, 0.717) is 11.8 Å². The molecule has 0 spiro atoms. The lowest BCUT2D eigenvalue weighted by atomic mass is 9.96. The molecule has 0 radical (unpaired) electrons. The molecule has 6 nitrogen and oxygen atoms in total. The normalized spacial score (nSPS) is 16.4. The highest BCUT2D eigenvalue weighted by atomic mass is 16.6. The van der Waals surface area contributed by atoms with E-state index in [4.69, 9.17) is 14.9 Å². The molecule has 0 bridgehead atoms. The first-order valence-electron chi connectivity index (χ1n) is 6.74. The highest BCUT2D eigenvalue weighted by Crippen LogP contribution is 2.30. The van der Waals surface area contributed by atoms with Crippen LogP contribution in [-0.4, -0.2) is 30.4 Å². The van der Waals surface area contributed by atoms with Gasteiger partial charge in [0.2, 0.25) is 5.89 Å². The van der Waals surface area contributed by atoms with Crippen molar-refractivity contribution in [3.63, 3.8) is 0 Å². The van der Waals surface area contributed by atoms with Crippen molar-refractivity contribution in [1.29, 1.82) is 0 Å². The van der Waals surface area contributed by atoms with Crippen molar-refractivity contribution in [2.45, 2.75) is 18.8 Å². The van der Waals surface area contributed by atoms with E-state index in [9.17, 15) is 0 Å². The number of hydrogen-bond acceptors (Lipinski definition) is 6. The minimum atomic E-state index is 0.237. The van der Waals surface area contributed by atoms with Gasteiger partial charge in [0, 0.05) is 30.4 Å². The number of nitrogens with zero attached hydrogens (tertiary/aromatic N) is 3. The first-order chi connectivity index (χ1) is 9.76. The van der Waals surface area contributed by atoms with Crippen molar-refractivity contribution >= 4 is 11.4 Å². The maximum Gasteiger partial charge on any atom is 0.414 e. The lowest BCUT2D eigenvalue weighted by Crippen LogP contribution is -2.32. The molecular formula is C14H18N4O2. The second-order valence-corrected chi connectivity index (χ2v) is 4.96. The van der Waals surface area contributed by atoms with Crippen LogP contribution in [0, 0.1) is 0 Å². The van der Waals surface area contributed by atoms with Crippen LogP contribution < -0.4 is 15.4 Å². The lowest BCUT2D eigenvalue weighted by molar-refractivity contribution is 0.269. The second kappa shape index (κ2) is 5.40.